The number of ether oxygens (including phenoxy) is 2. The average molecular weight is 204 g/mol. The number of hydrogen-bond donors (Lipinski definition) is 1. The molecule has 2 atom stereocenters. The van der Waals surface area contributed by atoms with Gasteiger partial charge >= 0.3 is 5.97 Å². The zero-order valence-corrected chi connectivity index (χ0v) is 9.32. The molecule has 84 valence electrons. The smallest absolute Gasteiger partial charge is 0.308 e. The van der Waals surface area contributed by atoms with Crippen molar-refractivity contribution in [2.75, 3.05) is 13.2 Å². The van der Waals surface area contributed by atoms with Gasteiger partial charge in [0, 0.05) is 0 Å². The van der Waals surface area contributed by atoms with E-state index in [2.05, 4.69) is 0 Å². The first-order valence-electron chi connectivity index (χ1n) is 4.89. The number of hydrogen-bond acceptors (Lipinski definition) is 4. The van der Waals surface area contributed by atoms with Crippen molar-refractivity contribution in [3.63, 3.8) is 0 Å². The van der Waals surface area contributed by atoms with E-state index in [0.29, 0.717) is 6.61 Å². The summed E-state index contributed by atoms with van der Waals surface area (Å²) in [7, 11) is 0. The second kappa shape index (κ2) is 6.79. The summed E-state index contributed by atoms with van der Waals surface area (Å²) in [4.78, 5) is 11.1. The summed E-state index contributed by atoms with van der Waals surface area (Å²) in [6.45, 7) is 7.57. The van der Waals surface area contributed by atoms with Crippen molar-refractivity contribution in [1.29, 1.82) is 0 Å². The number of aliphatic hydroxyl groups is 1. The normalized spacial score (nSPS) is 15.3. The molecule has 0 radical (unpaired) electrons. The zero-order chi connectivity index (χ0) is 11.1. The molecule has 0 aromatic heterocycles. The van der Waals surface area contributed by atoms with E-state index in [1.54, 1.807) is 27.7 Å². The first kappa shape index (κ1) is 13.4. The molecule has 0 aromatic rings. The van der Waals surface area contributed by atoms with Crippen LogP contribution < -0.4 is 0 Å². The molecule has 0 spiro atoms. The molecule has 0 heterocycles. The van der Waals surface area contributed by atoms with Crippen LogP contribution >= 0.6 is 0 Å². The lowest BCUT2D eigenvalue weighted by atomic mass is 10.2. The highest BCUT2D eigenvalue weighted by Gasteiger charge is 2.13. The lowest BCUT2D eigenvalue weighted by molar-refractivity contribution is -0.155. The van der Waals surface area contributed by atoms with Gasteiger partial charge in [0.2, 0.25) is 0 Å². The molecule has 1 N–H and O–H groups in total. The van der Waals surface area contributed by atoms with Crippen LogP contribution in [-0.2, 0) is 14.3 Å². The van der Waals surface area contributed by atoms with E-state index < -0.39 is 6.10 Å². The summed E-state index contributed by atoms with van der Waals surface area (Å²) in [5.74, 6) is -0.340. The van der Waals surface area contributed by atoms with Crippen LogP contribution in [0.4, 0.5) is 0 Å². The van der Waals surface area contributed by atoms with E-state index in [4.69, 9.17) is 14.6 Å². The van der Waals surface area contributed by atoms with Crippen molar-refractivity contribution in [2.45, 2.75) is 39.9 Å². The Bertz CT molecular complexity index is 166. The van der Waals surface area contributed by atoms with Crippen molar-refractivity contribution in [2.24, 2.45) is 5.92 Å². The fourth-order valence-electron chi connectivity index (χ4n) is 0.773. The number of carbonyl (C=O) groups excluding carboxylic acids is 1. The predicted octanol–water partition coefficient (Wildman–Crippen LogP) is 0.971. The van der Waals surface area contributed by atoms with Crippen LogP contribution in [0, 0.1) is 5.92 Å². The Morgan fingerprint density at radius 3 is 2.21 bits per heavy atom. The maximum atomic E-state index is 11.1. The molecule has 0 aromatic carbocycles. The third kappa shape index (κ3) is 6.86. The van der Waals surface area contributed by atoms with Crippen LogP contribution in [0.5, 0.6) is 0 Å². The van der Waals surface area contributed by atoms with E-state index in [-0.39, 0.29) is 24.6 Å². The molecular weight excluding hydrogens is 184 g/mol. The lowest BCUT2D eigenvalue weighted by Gasteiger charge is -2.15. The van der Waals surface area contributed by atoms with Gasteiger partial charge in [-0.3, -0.25) is 4.79 Å². The van der Waals surface area contributed by atoms with E-state index in [0.717, 1.165) is 0 Å². The highest BCUT2D eigenvalue weighted by Crippen LogP contribution is 2.01. The molecule has 4 nitrogen and oxygen atoms in total. The third-order valence-corrected chi connectivity index (χ3v) is 1.50. The Labute approximate surface area is 85.2 Å². The first-order chi connectivity index (χ1) is 6.43. The molecule has 0 aliphatic carbocycles. The van der Waals surface area contributed by atoms with Gasteiger partial charge in [0.05, 0.1) is 25.2 Å². The third-order valence-electron chi connectivity index (χ3n) is 1.50. The molecule has 0 saturated carbocycles. The molecule has 14 heavy (non-hydrogen) atoms. The van der Waals surface area contributed by atoms with Gasteiger partial charge in [-0.25, -0.2) is 0 Å². The zero-order valence-electron chi connectivity index (χ0n) is 9.32. The summed E-state index contributed by atoms with van der Waals surface area (Å²) < 4.78 is 10.2. The Balaban J connectivity index is 3.55. The topological polar surface area (TPSA) is 55.8 Å². The fourth-order valence-corrected chi connectivity index (χ4v) is 0.773. The van der Waals surface area contributed by atoms with Crippen LogP contribution in [0.25, 0.3) is 0 Å². The Morgan fingerprint density at radius 1 is 1.21 bits per heavy atom. The highest BCUT2D eigenvalue weighted by molar-refractivity contribution is 5.71. The largest absolute Gasteiger partial charge is 0.460 e. The Hall–Kier alpha value is -0.610. The molecule has 0 aliphatic heterocycles. The van der Waals surface area contributed by atoms with Gasteiger partial charge in [0.1, 0.15) is 6.10 Å². The maximum absolute atomic E-state index is 11.1. The van der Waals surface area contributed by atoms with Gasteiger partial charge in [-0.15, -0.1) is 0 Å². The van der Waals surface area contributed by atoms with E-state index in [1.807, 2.05) is 0 Å². The van der Waals surface area contributed by atoms with E-state index >= 15 is 0 Å². The summed E-state index contributed by atoms with van der Waals surface area (Å²) in [6.07, 6.45) is -0.744. The van der Waals surface area contributed by atoms with Crippen molar-refractivity contribution in [3.05, 3.63) is 0 Å². The maximum Gasteiger partial charge on any atom is 0.308 e. The van der Waals surface area contributed by atoms with Gasteiger partial charge < -0.3 is 14.6 Å². The molecule has 2 unspecified atom stereocenters. The van der Waals surface area contributed by atoms with Crippen LogP contribution in [-0.4, -0.2) is 36.5 Å². The van der Waals surface area contributed by atoms with E-state index in [9.17, 15) is 4.79 Å². The molecule has 0 amide bonds. The van der Waals surface area contributed by atoms with Crippen LogP contribution in [0.1, 0.15) is 27.7 Å². The van der Waals surface area contributed by atoms with E-state index in [1.165, 1.54) is 0 Å². The van der Waals surface area contributed by atoms with Crippen LogP contribution in [0.15, 0.2) is 0 Å². The average Bonchev–Trinajstić information content (AvgIpc) is 2.02. The number of rotatable bonds is 6. The minimum absolute atomic E-state index is 0.116. The van der Waals surface area contributed by atoms with Crippen molar-refractivity contribution >= 4 is 5.97 Å². The monoisotopic (exact) mass is 204 g/mol. The molecule has 0 rings (SSSR count). The van der Waals surface area contributed by atoms with Crippen molar-refractivity contribution in [1.82, 2.24) is 0 Å². The summed E-state index contributed by atoms with van der Waals surface area (Å²) in [5.41, 5.74) is 0. The Morgan fingerprint density at radius 2 is 1.79 bits per heavy atom. The van der Waals surface area contributed by atoms with Crippen molar-refractivity contribution in [3.8, 4) is 0 Å². The molecule has 4 heteroatoms. The second-order valence-electron chi connectivity index (χ2n) is 3.79. The van der Waals surface area contributed by atoms with Gasteiger partial charge in [0.25, 0.3) is 0 Å². The predicted molar refractivity (Wildman–Crippen MR) is 52.9 cm³/mol. The Kier molecular flexibility index (Phi) is 6.49. The molecule has 0 saturated heterocycles. The lowest BCUT2D eigenvalue weighted by Crippen LogP contribution is -2.24. The van der Waals surface area contributed by atoms with Gasteiger partial charge in [0.15, 0.2) is 0 Å². The van der Waals surface area contributed by atoms with Gasteiger partial charge in [-0.2, -0.15) is 0 Å². The highest BCUT2D eigenvalue weighted by atomic mass is 16.6. The SMILES string of the molecule is CC(O)COCC(C)OC(=O)C(C)C. The molecule has 0 aliphatic rings. The fraction of sp³-hybridized carbons (Fsp3) is 0.900. The van der Waals surface area contributed by atoms with Gasteiger partial charge in [-0.05, 0) is 13.8 Å². The summed E-state index contributed by atoms with van der Waals surface area (Å²) >= 11 is 0. The number of aliphatic hydroxyl groups excluding tert-OH is 1. The molecule has 0 bridgehead atoms. The second-order valence-corrected chi connectivity index (χ2v) is 3.79. The summed E-state index contributed by atoms with van der Waals surface area (Å²) in [6, 6.07) is 0. The quantitative estimate of drug-likeness (QED) is 0.655. The minimum Gasteiger partial charge on any atom is -0.460 e. The molecular formula is C10H20O4. The molecule has 0 fully saturated rings. The first-order valence-corrected chi connectivity index (χ1v) is 4.89. The number of carbonyl (C=O) groups is 1. The summed E-state index contributed by atoms with van der Waals surface area (Å²) in [5, 5.41) is 8.90. The van der Waals surface area contributed by atoms with Gasteiger partial charge in [-0.1, -0.05) is 13.8 Å². The van der Waals surface area contributed by atoms with Crippen LogP contribution in [0.2, 0.25) is 0 Å². The van der Waals surface area contributed by atoms with Crippen LogP contribution in [0.3, 0.4) is 0 Å². The minimum atomic E-state index is -0.483. The standard InChI is InChI=1S/C10H20O4/c1-7(2)10(12)14-9(4)6-13-5-8(3)11/h7-9,11H,5-6H2,1-4H3. The van der Waals surface area contributed by atoms with Crippen molar-refractivity contribution < 1.29 is 19.4 Å². The number of esters is 1.